The molecule has 0 atom stereocenters. The third-order valence-electron chi connectivity index (χ3n) is 3.05. The Bertz CT molecular complexity index is 612. The summed E-state index contributed by atoms with van der Waals surface area (Å²) in [6.45, 7) is 1.92. The van der Waals surface area contributed by atoms with E-state index in [9.17, 15) is 29.8 Å². The number of carbonyl (C=O) groups excluding carboxylic acids is 2. The number of nitro groups is 2. The predicted octanol–water partition coefficient (Wildman–Crippen LogP) is 1.53. The zero-order chi connectivity index (χ0) is 17.6. The first-order valence-corrected chi connectivity index (χ1v) is 6.60. The lowest BCUT2D eigenvalue weighted by atomic mass is 10.1. The molecule has 0 aliphatic carbocycles. The fraction of sp³-hybridized carbons (Fsp3) is 0.385. The molecule has 0 aliphatic rings. The van der Waals surface area contributed by atoms with Gasteiger partial charge in [-0.2, -0.15) is 0 Å². The average molecular weight is 325 g/mol. The smallest absolute Gasteiger partial charge is 0.307 e. The van der Waals surface area contributed by atoms with Crippen LogP contribution < -0.4 is 0 Å². The number of hydrogen-bond donors (Lipinski definition) is 0. The second-order valence-corrected chi connectivity index (χ2v) is 4.46. The van der Waals surface area contributed by atoms with Gasteiger partial charge in [0.15, 0.2) is 0 Å². The van der Waals surface area contributed by atoms with E-state index < -0.39 is 33.1 Å². The molecule has 0 heterocycles. The van der Waals surface area contributed by atoms with E-state index in [1.165, 1.54) is 12.0 Å². The summed E-state index contributed by atoms with van der Waals surface area (Å²) < 4.78 is 4.48. The summed E-state index contributed by atoms with van der Waals surface area (Å²) in [7, 11) is 1.21. The first-order valence-electron chi connectivity index (χ1n) is 6.60. The Morgan fingerprint density at radius 3 is 2.04 bits per heavy atom. The maximum atomic E-state index is 12.4. The Hall–Kier alpha value is -3.04. The van der Waals surface area contributed by atoms with E-state index in [4.69, 9.17) is 0 Å². The van der Waals surface area contributed by atoms with Crippen LogP contribution in [0.5, 0.6) is 0 Å². The molecule has 1 aromatic carbocycles. The highest BCUT2D eigenvalue weighted by molar-refractivity contribution is 5.95. The zero-order valence-electron chi connectivity index (χ0n) is 12.6. The van der Waals surface area contributed by atoms with Gasteiger partial charge in [-0.1, -0.05) is 0 Å². The van der Waals surface area contributed by atoms with Gasteiger partial charge in [0.05, 0.1) is 35.0 Å². The molecule has 0 bridgehead atoms. The number of rotatable bonds is 7. The molecule has 1 amide bonds. The minimum absolute atomic E-state index is 0.0402. The Kier molecular flexibility index (Phi) is 6.13. The topological polar surface area (TPSA) is 133 Å². The second kappa shape index (κ2) is 7.82. The van der Waals surface area contributed by atoms with E-state index in [0.717, 1.165) is 18.2 Å². The lowest BCUT2D eigenvalue weighted by Crippen LogP contribution is -2.33. The molecule has 0 spiro atoms. The molecule has 10 heteroatoms. The fourth-order valence-electron chi connectivity index (χ4n) is 1.84. The predicted molar refractivity (Wildman–Crippen MR) is 78.0 cm³/mol. The van der Waals surface area contributed by atoms with Gasteiger partial charge in [-0.25, -0.2) is 0 Å². The molecule has 0 radical (unpaired) electrons. The van der Waals surface area contributed by atoms with Crippen LogP contribution >= 0.6 is 0 Å². The molecular weight excluding hydrogens is 310 g/mol. The summed E-state index contributed by atoms with van der Waals surface area (Å²) in [5, 5.41) is 21.7. The minimum Gasteiger partial charge on any atom is -0.469 e. The lowest BCUT2D eigenvalue weighted by molar-refractivity contribution is -0.394. The Morgan fingerprint density at radius 2 is 1.65 bits per heavy atom. The summed E-state index contributed by atoms with van der Waals surface area (Å²) in [6.07, 6.45) is -0.0485. The van der Waals surface area contributed by atoms with Gasteiger partial charge in [-0.15, -0.1) is 0 Å². The van der Waals surface area contributed by atoms with Gasteiger partial charge in [0, 0.05) is 25.2 Å². The molecular formula is C13H15N3O7. The summed E-state index contributed by atoms with van der Waals surface area (Å²) in [6, 6.07) is 2.72. The Morgan fingerprint density at radius 1 is 1.13 bits per heavy atom. The third kappa shape index (κ3) is 4.73. The molecule has 0 saturated heterocycles. The van der Waals surface area contributed by atoms with Gasteiger partial charge in [-0.05, 0) is 6.92 Å². The van der Waals surface area contributed by atoms with E-state index in [1.807, 2.05) is 0 Å². The fourth-order valence-corrected chi connectivity index (χ4v) is 1.84. The number of amides is 1. The van der Waals surface area contributed by atoms with Crippen LogP contribution in [0.4, 0.5) is 11.4 Å². The number of methoxy groups -OCH3 is 1. The van der Waals surface area contributed by atoms with E-state index in [1.54, 1.807) is 6.92 Å². The highest BCUT2D eigenvalue weighted by Crippen LogP contribution is 2.23. The van der Waals surface area contributed by atoms with Crippen LogP contribution in [0.2, 0.25) is 0 Å². The third-order valence-corrected chi connectivity index (χ3v) is 3.05. The van der Waals surface area contributed by atoms with E-state index >= 15 is 0 Å². The van der Waals surface area contributed by atoms with Crippen molar-refractivity contribution >= 4 is 23.3 Å². The first kappa shape index (κ1) is 18.0. The first-order chi connectivity index (χ1) is 10.8. The van der Waals surface area contributed by atoms with Gasteiger partial charge < -0.3 is 9.64 Å². The monoisotopic (exact) mass is 325 g/mol. The number of benzene rings is 1. The van der Waals surface area contributed by atoms with Crippen LogP contribution in [0.1, 0.15) is 23.7 Å². The Balaban J connectivity index is 3.11. The van der Waals surface area contributed by atoms with Crippen molar-refractivity contribution in [3.05, 3.63) is 44.0 Å². The Labute approximate surface area is 130 Å². The van der Waals surface area contributed by atoms with Crippen LogP contribution in [0.25, 0.3) is 0 Å². The minimum atomic E-state index is -0.811. The van der Waals surface area contributed by atoms with Crippen molar-refractivity contribution in [3.63, 3.8) is 0 Å². The quantitative estimate of drug-likeness (QED) is 0.421. The molecule has 0 aliphatic heterocycles. The summed E-state index contributed by atoms with van der Waals surface area (Å²) in [4.78, 5) is 44.8. The van der Waals surface area contributed by atoms with Crippen LogP contribution in [-0.4, -0.2) is 46.8 Å². The van der Waals surface area contributed by atoms with Crippen molar-refractivity contribution in [2.75, 3.05) is 20.2 Å². The van der Waals surface area contributed by atoms with Crippen molar-refractivity contribution in [1.82, 2.24) is 4.90 Å². The largest absolute Gasteiger partial charge is 0.469 e. The zero-order valence-corrected chi connectivity index (χ0v) is 12.6. The van der Waals surface area contributed by atoms with Gasteiger partial charge in [0.2, 0.25) is 0 Å². The van der Waals surface area contributed by atoms with Crippen LogP contribution in [-0.2, 0) is 9.53 Å². The highest BCUT2D eigenvalue weighted by Gasteiger charge is 2.23. The number of ether oxygens (including phenoxy) is 1. The molecule has 124 valence electrons. The SMILES string of the molecule is CCN(CCC(=O)OC)C(=O)c1cc([N+](=O)[O-])cc([N+](=O)[O-])c1. The maximum Gasteiger partial charge on any atom is 0.307 e. The number of non-ortho nitro benzene ring substituents is 2. The molecule has 1 aromatic rings. The molecule has 23 heavy (non-hydrogen) atoms. The normalized spacial score (nSPS) is 10.0. The van der Waals surface area contributed by atoms with E-state index in [0.29, 0.717) is 0 Å². The maximum absolute atomic E-state index is 12.4. The summed E-state index contributed by atoms with van der Waals surface area (Å²) in [5.41, 5.74) is -1.28. The lowest BCUT2D eigenvalue weighted by Gasteiger charge is -2.20. The highest BCUT2D eigenvalue weighted by atomic mass is 16.6. The molecule has 0 aromatic heterocycles. The van der Waals surface area contributed by atoms with Crippen molar-refractivity contribution in [2.45, 2.75) is 13.3 Å². The van der Waals surface area contributed by atoms with Crippen molar-refractivity contribution in [1.29, 1.82) is 0 Å². The van der Waals surface area contributed by atoms with Crippen LogP contribution in [0, 0.1) is 20.2 Å². The number of hydrogen-bond acceptors (Lipinski definition) is 7. The molecule has 0 fully saturated rings. The van der Waals surface area contributed by atoms with E-state index in [-0.39, 0.29) is 25.1 Å². The number of nitrogens with zero attached hydrogens (tertiary/aromatic N) is 3. The molecule has 0 saturated carbocycles. The van der Waals surface area contributed by atoms with Crippen molar-refractivity contribution in [3.8, 4) is 0 Å². The van der Waals surface area contributed by atoms with Gasteiger partial charge in [0.1, 0.15) is 0 Å². The van der Waals surface area contributed by atoms with Gasteiger partial charge in [-0.3, -0.25) is 29.8 Å². The van der Waals surface area contributed by atoms with Crippen LogP contribution in [0.15, 0.2) is 18.2 Å². The van der Waals surface area contributed by atoms with E-state index in [2.05, 4.69) is 4.74 Å². The summed E-state index contributed by atoms with van der Waals surface area (Å²) >= 11 is 0. The van der Waals surface area contributed by atoms with Gasteiger partial charge in [0.25, 0.3) is 17.3 Å². The molecule has 10 nitrogen and oxygen atoms in total. The van der Waals surface area contributed by atoms with Crippen molar-refractivity contribution in [2.24, 2.45) is 0 Å². The molecule has 0 N–H and O–H groups in total. The van der Waals surface area contributed by atoms with Crippen LogP contribution in [0.3, 0.4) is 0 Å². The van der Waals surface area contributed by atoms with Gasteiger partial charge >= 0.3 is 5.97 Å². The standard InChI is InChI=1S/C13H15N3O7/c1-3-14(5-4-12(17)23-2)13(18)9-6-10(15(19)20)8-11(7-9)16(21)22/h6-8H,3-5H2,1-2H3. The number of esters is 1. The molecule has 1 rings (SSSR count). The average Bonchev–Trinajstić information content (AvgIpc) is 2.54. The number of carbonyl (C=O) groups is 2. The number of nitro benzene ring substituents is 2. The summed E-state index contributed by atoms with van der Waals surface area (Å²) in [5.74, 6) is -1.15. The molecule has 0 unspecified atom stereocenters. The van der Waals surface area contributed by atoms with Crippen molar-refractivity contribution < 1.29 is 24.2 Å². The second-order valence-electron chi connectivity index (χ2n) is 4.46.